The van der Waals surface area contributed by atoms with Crippen molar-refractivity contribution in [1.82, 2.24) is 15.7 Å². The fourth-order valence-electron chi connectivity index (χ4n) is 3.31. The van der Waals surface area contributed by atoms with E-state index in [0.717, 1.165) is 43.6 Å². The van der Waals surface area contributed by atoms with Crippen LogP contribution in [0.3, 0.4) is 0 Å². The topological polar surface area (TPSA) is 106 Å². The van der Waals surface area contributed by atoms with Gasteiger partial charge in [-0.1, -0.05) is 79.8 Å². The number of nitrogens with one attached hydrogen (secondary N) is 2. The molecule has 0 radical (unpaired) electrons. The quantitative estimate of drug-likeness (QED) is 0.138. The summed E-state index contributed by atoms with van der Waals surface area (Å²) < 4.78 is 5.42. The van der Waals surface area contributed by atoms with Gasteiger partial charge in [0, 0.05) is 31.4 Å². The van der Waals surface area contributed by atoms with Gasteiger partial charge in [-0.3, -0.25) is 14.6 Å². The van der Waals surface area contributed by atoms with Crippen LogP contribution in [0.15, 0.2) is 89.8 Å². The molecule has 0 atom stereocenters. The van der Waals surface area contributed by atoms with Crippen molar-refractivity contribution < 1.29 is 14.3 Å². The number of carbonyl (C=O) groups excluding carboxylic acids is 2. The van der Waals surface area contributed by atoms with Crippen LogP contribution in [0.2, 0.25) is 0 Å². The lowest BCUT2D eigenvalue weighted by Gasteiger charge is -2.33. The lowest BCUT2D eigenvalue weighted by molar-refractivity contribution is -0.121. The van der Waals surface area contributed by atoms with Crippen molar-refractivity contribution in [2.75, 3.05) is 32.8 Å². The van der Waals surface area contributed by atoms with Crippen LogP contribution in [0.1, 0.15) is 65.2 Å². The van der Waals surface area contributed by atoms with Crippen molar-refractivity contribution >= 4 is 17.5 Å². The average Bonchev–Trinajstić information content (AvgIpc) is 2.95. The van der Waals surface area contributed by atoms with Crippen LogP contribution < -0.4 is 10.6 Å². The molecule has 1 aliphatic rings. The van der Waals surface area contributed by atoms with Crippen molar-refractivity contribution in [2.45, 2.75) is 65.2 Å². The standard InChI is InChI=1S/C32H47N4O4/c1-3-4-5-6-7-8-9-10-11-12-13-14-15-16-17-18-19-20-21-22-31(37)33-23-25-40-26-24-34-32(38)30-28-36(39)29(2)27-35-30/h4-5,7-8,10-11,13-14,16-17,19-20,27H,3,6,9,12,15,18,21-26,28H2,1-2H3,(H,33,37)(H,34,38)/q-1/b5-4-,8-7-,11-10-,14-13-,17-16-,20-19-. The fraction of sp³-hybridized carbons (Fsp3) is 0.469. The number of carbonyl (C=O) groups is 2. The Balaban J connectivity index is 1.93. The first-order valence-corrected chi connectivity index (χ1v) is 14.2. The van der Waals surface area contributed by atoms with Crippen LogP contribution in [-0.2, 0) is 14.3 Å². The van der Waals surface area contributed by atoms with Gasteiger partial charge in [0.15, 0.2) is 0 Å². The summed E-state index contributed by atoms with van der Waals surface area (Å²) in [7, 11) is 0. The predicted octanol–water partition coefficient (Wildman–Crippen LogP) is 5.83. The normalized spacial score (nSPS) is 14.4. The summed E-state index contributed by atoms with van der Waals surface area (Å²) in [6.07, 6.45) is 34.3. The summed E-state index contributed by atoms with van der Waals surface area (Å²) in [6, 6.07) is 0. The third kappa shape index (κ3) is 19.6. The summed E-state index contributed by atoms with van der Waals surface area (Å²) in [4.78, 5) is 27.8. The van der Waals surface area contributed by atoms with Gasteiger partial charge < -0.3 is 25.6 Å². The molecule has 0 aromatic rings. The van der Waals surface area contributed by atoms with E-state index in [1.54, 1.807) is 6.92 Å². The van der Waals surface area contributed by atoms with E-state index in [1.807, 2.05) is 6.08 Å². The number of aliphatic imine (C=N–C) groups is 1. The second kappa shape index (κ2) is 24.5. The lowest BCUT2D eigenvalue weighted by atomic mass is 10.2. The van der Waals surface area contributed by atoms with E-state index in [9.17, 15) is 14.8 Å². The second-order valence-electron chi connectivity index (χ2n) is 9.05. The number of nitrogens with zero attached hydrogens (tertiary/aromatic N) is 2. The summed E-state index contributed by atoms with van der Waals surface area (Å²) in [5.74, 6) is -0.395. The van der Waals surface area contributed by atoms with E-state index >= 15 is 0 Å². The number of hydroxylamine groups is 2. The van der Waals surface area contributed by atoms with Gasteiger partial charge in [0.05, 0.1) is 19.8 Å². The van der Waals surface area contributed by atoms with Gasteiger partial charge in [0.1, 0.15) is 5.71 Å². The van der Waals surface area contributed by atoms with Gasteiger partial charge in [-0.05, 0) is 51.9 Å². The van der Waals surface area contributed by atoms with E-state index in [-0.39, 0.29) is 24.1 Å². The molecule has 0 aromatic heterocycles. The number of ether oxygens (including phenoxy) is 1. The van der Waals surface area contributed by atoms with Crippen LogP contribution in [0.5, 0.6) is 0 Å². The van der Waals surface area contributed by atoms with Gasteiger partial charge in [-0.2, -0.15) is 0 Å². The molecule has 0 spiro atoms. The summed E-state index contributed by atoms with van der Waals surface area (Å²) in [6.45, 7) is 5.12. The molecular formula is C32H47N4O4-. The van der Waals surface area contributed by atoms with Gasteiger partial charge in [0.2, 0.25) is 5.91 Å². The molecule has 2 amide bonds. The van der Waals surface area contributed by atoms with E-state index in [2.05, 4.69) is 89.4 Å². The Morgan fingerprint density at radius 2 is 1.35 bits per heavy atom. The minimum Gasteiger partial charge on any atom is -0.758 e. The Morgan fingerprint density at radius 3 is 1.88 bits per heavy atom. The number of rotatable bonds is 21. The zero-order valence-corrected chi connectivity index (χ0v) is 24.2. The highest BCUT2D eigenvalue weighted by atomic mass is 16.5. The van der Waals surface area contributed by atoms with E-state index in [1.165, 1.54) is 6.20 Å². The molecular weight excluding hydrogens is 504 g/mol. The highest BCUT2D eigenvalue weighted by Gasteiger charge is 2.14. The molecule has 1 heterocycles. The molecule has 1 aliphatic heterocycles. The van der Waals surface area contributed by atoms with Gasteiger partial charge in [0.25, 0.3) is 5.91 Å². The highest BCUT2D eigenvalue weighted by molar-refractivity contribution is 6.40. The first-order chi connectivity index (χ1) is 19.5. The Kier molecular flexibility index (Phi) is 21.2. The molecule has 0 aromatic carbocycles. The Labute approximate surface area is 240 Å². The van der Waals surface area contributed by atoms with Gasteiger partial charge >= 0.3 is 0 Å². The molecule has 0 fully saturated rings. The molecule has 0 bridgehead atoms. The Bertz CT molecular complexity index is 958. The molecule has 0 saturated heterocycles. The van der Waals surface area contributed by atoms with Gasteiger partial charge in [-0.15, -0.1) is 0 Å². The zero-order chi connectivity index (χ0) is 29.1. The maximum atomic E-state index is 12.0. The van der Waals surface area contributed by atoms with E-state index < -0.39 is 0 Å². The van der Waals surface area contributed by atoms with E-state index in [0.29, 0.717) is 44.8 Å². The summed E-state index contributed by atoms with van der Waals surface area (Å²) in [5, 5.41) is 17.8. The monoisotopic (exact) mass is 551 g/mol. The molecule has 0 unspecified atom stereocenters. The molecule has 1 rings (SSSR count). The van der Waals surface area contributed by atoms with Crippen LogP contribution in [0.25, 0.3) is 0 Å². The van der Waals surface area contributed by atoms with Crippen molar-refractivity contribution in [3.63, 3.8) is 0 Å². The van der Waals surface area contributed by atoms with Crippen molar-refractivity contribution in [3.8, 4) is 0 Å². The largest absolute Gasteiger partial charge is 0.758 e. The van der Waals surface area contributed by atoms with Crippen LogP contribution in [0, 0.1) is 5.21 Å². The molecule has 40 heavy (non-hydrogen) atoms. The lowest BCUT2D eigenvalue weighted by Crippen LogP contribution is -2.40. The van der Waals surface area contributed by atoms with Crippen molar-refractivity contribution in [3.05, 3.63) is 90.0 Å². The van der Waals surface area contributed by atoms with Crippen molar-refractivity contribution in [2.24, 2.45) is 4.99 Å². The first-order valence-electron chi connectivity index (χ1n) is 14.2. The summed E-state index contributed by atoms with van der Waals surface area (Å²) in [5.41, 5.74) is 0.652. The molecule has 0 saturated carbocycles. The van der Waals surface area contributed by atoms with Crippen LogP contribution >= 0.6 is 0 Å². The van der Waals surface area contributed by atoms with Gasteiger partial charge in [-0.25, -0.2) is 0 Å². The fourth-order valence-corrected chi connectivity index (χ4v) is 3.31. The first kappa shape index (κ1) is 34.5. The second-order valence-corrected chi connectivity index (χ2v) is 9.05. The maximum absolute atomic E-state index is 12.0. The maximum Gasteiger partial charge on any atom is 0.267 e. The molecule has 0 aliphatic carbocycles. The molecule has 8 heteroatoms. The molecule has 220 valence electrons. The Morgan fingerprint density at radius 1 is 0.850 bits per heavy atom. The Hall–Kier alpha value is -3.49. The van der Waals surface area contributed by atoms with E-state index in [4.69, 9.17) is 4.74 Å². The minimum atomic E-state index is -0.379. The minimum absolute atomic E-state index is 0.0164. The van der Waals surface area contributed by atoms with Crippen LogP contribution in [0.4, 0.5) is 0 Å². The number of hydrogen-bond donors (Lipinski definition) is 2. The summed E-state index contributed by atoms with van der Waals surface area (Å²) >= 11 is 0. The number of allylic oxidation sites excluding steroid dienone is 13. The zero-order valence-electron chi connectivity index (χ0n) is 24.2. The van der Waals surface area contributed by atoms with Crippen molar-refractivity contribution in [1.29, 1.82) is 0 Å². The molecule has 2 N–H and O–H groups in total. The third-order valence-corrected chi connectivity index (χ3v) is 5.59. The number of hydrogen-bond acceptors (Lipinski definition) is 6. The molecule has 8 nitrogen and oxygen atoms in total. The highest BCUT2D eigenvalue weighted by Crippen LogP contribution is 2.07. The SMILES string of the molecule is CC/C=C\C/C=C\C/C=C\C/C=C\C/C=C\C/C=C\CCC(=O)NCCOCCNC(=O)C1=NC=C(C)N([O-])C1. The third-order valence-electron chi connectivity index (χ3n) is 5.59. The number of amides is 2. The average molecular weight is 552 g/mol. The predicted molar refractivity (Wildman–Crippen MR) is 166 cm³/mol. The smallest absolute Gasteiger partial charge is 0.267 e. The van der Waals surface area contributed by atoms with Crippen LogP contribution in [-0.4, -0.2) is 55.4 Å².